The highest BCUT2D eigenvalue weighted by molar-refractivity contribution is 5.77. The Morgan fingerprint density at radius 2 is 1.71 bits per heavy atom. The molecule has 2 rings (SSSR count). The monoisotopic (exact) mass is 327 g/mol. The van der Waals surface area contributed by atoms with Gasteiger partial charge in [0.05, 0.1) is 0 Å². The molecule has 2 nitrogen and oxygen atoms in total. The third kappa shape index (κ3) is 4.67. The molecule has 0 fully saturated rings. The summed E-state index contributed by atoms with van der Waals surface area (Å²) in [5, 5.41) is 2.98. The Hall–Kier alpha value is -2.16. The average Bonchev–Trinajstić information content (AvgIpc) is 2.59. The van der Waals surface area contributed by atoms with Crippen LogP contribution in [-0.4, -0.2) is 12.5 Å². The molecule has 1 unspecified atom stereocenters. The van der Waals surface area contributed by atoms with Gasteiger partial charge in [-0.05, 0) is 29.5 Å². The van der Waals surface area contributed by atoms with Crippen molar-refractivity contribution in [1.82, 2.24) is 5.32 Å². The minimum atomic E-state index is -0.449. The molecule has 0 aromatic heterocycles. The van der Waals surface area contributed by atoms with Crippen LogP contribution in [0.4, 0.5) is 4.39 Å². The van der Waals surface area contributed by atoms with Crippen LogP contribution in [-0.2, 0) is 10.2 Å². The van der Waals surface area contributed by atoms with E-state index in [4.69, 9.17) is 0 Å². The number of hydrogen-bond acceptors (Lipinski definition) is 1. The van der Waals surface area contributed by atoms with Crippen LogP contribution in [0, 0.1) is 5.82 Å². The lowest BCUT2D eigenvalue weighted by molar-refractivity contribution is -0.121. The van der Waals surface area contributed by atoms with E-state index >= 15 is 0 Å². The number of nitrogens with one attached hydrogen (secondary N) is 1. The van der Waals surface area contributed by atoms with E-state index in [1.165, 1.54) is 11.6 Å². The zero-order valence-electron chi connectivity index (χ0n) is 14.7. The standard InChI is InChI=1S/C21H26FNO/c1-4-16(17-10-6-5-7-11-17)14-20(24)23-15-21(2,3)18-12-8-9-13-19(18)22/h5-13,16H,4,14-15H2,1-3H3,(H,23,24). The molecule has 0 aliphatic rings. The molecule has 128 valence electrons. The van der Waals surface area contributed by atoms with Gasteiger partial charge >= 0.3 is 0 Å². The first-order valence-corrected chi connectivity index (χ1v) is 8.50. The van der Waals surface area contributed by atoms with E-state index in [1.807, 2.05) is 38.1 Å². The van der Waals surface area contributed by atoms with Crippen molar-refractivity contribution in [3.63, 3.8) is 0 Å². The Balaban J connectivity index is 1.96. The highest BCUT2D eigenvalue weighted by Crippen LogP contribution is 2.26. The van der Waals surface area contributed by atoms with Crippen LogP contribution in [0.25, 0.3) is 0 Å². The lowest BCUT2D eigenvalue weighted by Crippen LogP contribution is -2.37. The Kier molecular flexibility index (Phi) is 6.13. The molecule has 0 radical (unpaired) electrons. The molecule has 1 atom stereocenters. The third-order valence-electron chi connectivity index (χ3n) is 4.53. The van der Waals surface area contributed by atoms with Crippen molar-refractivity contribution in [2.45, 2.75) is 44.9 Å². The maximum atomic E-state index is 14.0. The Morgan fingerprint density at radius 3 is 2.33 bits per heavy atom. The highest BCUT2D eigenvalue weighted by atomic mass is 19.1. The van der Waals surface area contributed by atoms with Gasteiger partial charge in [0.25, 0.3) is 0 Å². The summed E-state index contributed by atoms with van der Waals surface area (Å²) in [7, 11) is 0. The summed E-state index contributed by atoms with van der Waals surface area (Å²) in [6, 6.07) is 16.8. The largest absolute Gasteiger partial charge is 0.355 e. The SMILES string of the molecule is CCC(CC(=O)NCC(C)(C)c1ccccc1F)c1ccccc1. The molecule has 0 saturated carbocycles. The van der Waals surface area contributed by atoms with Crippen LogP contribution in [0.3, 0.4) is 0 Å². The van der Waals surface area contributed by atoms with Crippen molar-refractivity contribution in [2.75, 3.05) is 6.54 Å². The summed E-state index contributed by atoms with van der Waals surface area (Å²) in [5.74, 6) is -0.00893. The van der Waals surface area contributed by atoms with E-state index in [2.05, 4.69) is 24.4 Å². The lowest BCUT2D eigenvalue weighted by Gasteiger charge is -2.26. The normalized spacial score (nSPS) is 12.7. The molecular weight excluding hydrogens is 301 g/mol. The van der Waals surface area contributed by atoms with Gasteiger partial charge in [-0.3, -0.25) is 4.79 Å². The molecular formula is C21H26FNO. The molecule has 1 amide bonds. The molecule has 0 bridgehead atoms. The maximum absolute atomic E-state index is 14.0. The number of hydrogen-bond donors (Lipinski definition) is 1. The predicted molar refractivity (Wildman–Crippen MR) is 96.5 cm³/mol. The highest BCUT2D eigenvalue weighted by Gasteiger charge is 2.25. The van der Waals surface area contributed by atoms with Gasteiger partial charge in [-0.2, -0.15) is 0 Å². The van der Waals surface area contributed by atoms with Crippen LogP contribution >= 0.6 is 0 Å². The van der Waals surface area contributed by atoms with E-state index in [0.29, 0.717) is 18.5 Å². The molecule has 0 aliphatic heterocycles. The van der Waals surface area contributed by atoms with E-state index in [-0.39, 0.29) is 17.6 Å². The summed E-state index contributed by atoms with van der Waals surface area (Å²) in [4.78, 5) is 12.3. The molecule has 0 saturated heterocycles. The zero-order valence-corrected chi connectivity index (χ0v) is 14.7. The molecule has 0 heterocycles. The molecule has 2 aromatic rings. The third-order valence-corrected chi connectivity index (χ3v) is 4.53. The van der Waals surface area contributed by atoms with Gasteiger partial charge in [0, 0.05) is 18.4 Å². The minimum Gasteiger partial charge on any atom is -0.355 e. The Morgan fingerprint density at radius 1 is 1.08 bits per heavy atom. The van der Waals surface area contributed by atoms with E-state index in [0.717, 1.165) is 6.42 Å². The number of carbonyl (C=O) groups is 1. The second-order valence-electron chi connectivity index (χ2n) is 6.86. The van der Waals surface area contributed by atoms with Crippen molar-refractivity contribution in [3.05, 3.63) is 71.5 Å². The molecule has 1 N–H and O–H groups in total. The van der Waals surface area contributed by atoms with Gasteiger partial charge in [-0.15, -0.1) is 0 Å². The topological polar surface area (TPSA) is 29.1 Å². The minimum absolute atomic E-state index is 0.00937. The summed E-state index contributed by atoms with van der Waals surface area (Å²) < 4.78 is 14.0. The number of carbonyl (C=O) groups excluding carboxylic acids is 1. The van der Waals surface area contributed by atoms with Gasteiger partial charge in [-0.25, -0.2) is 4.39 Å². The van der Waals surface area contributed by atoms with E-state index in [9.17, 15) is 9.18 Å². The fourth-order valence-corrected chi connectivity index (χ4v) is 2.94. The van der Waals surface area contributed by atoms with Crippen LogP contribution in [0.5, 0.6) is 0 Å². The first-order chi connectivity index (χ1) is 11.4. The second kappa shape index (κ2) is 8.09. The van der Waals surface area contributed by atoms with Crippen molar-refractivity contribution >= 4 is 5.91 Å². The number of amides is 1. The molecule has 3 heteroatoms. The van der Waals surface area contributed by atoms with Crippen LogP contribution in [0.15, 0.2) is 54.6 Å². The number of halogens is 1. The first kappa shape index (κ1) is 18.2. The van der Waals surface area contributed by atoms with Gasteiger partial charge in [0.1, 0.15) is 5.82 Å². The van der Waals surface area contributed by atoms with Crippen molar-refractivity contribution in [3.8, 4) is 0 Å². The zero-order chi connectivity index (χ0) is 17.6. The summed E-state index contributed by atoms with van der Waals surface area (Å²) in [6.07, 6.45) is 1.36. The van der Waals surface area contributed by atoms with Gasteiger partial charge in [0.2, 0.25) is 5.91 Å². The fourth-order valence-electron chi connectivity index (χ4n) is 2.94. The average molecular weight is 327 g/mol. The van der Waals surface area contributed by atoms with Crippen molar-refractivity contribution < 1.29 is 9.18 Å². The van der Waals surface area contributed by atoms with Gasteiger partial charge in [-0.1, -0.05) is 69.3 Å². The lowest BCUT2D eigenvalue weighted by atomic mass is 9.84. The molecule has 0 aliphatic carbocycles. The Bertz CT molecular complexity index is 667. The smallest absolute Gasteiger partial charge is 0.220 e. The van der Waals surface area contributed by atoms with Crippen LogP contribution in [0.2, 0.25) is 0 Å². The predicted octanol–water partition coefficient (Wildman–Crippen LogP) is 4.80. The fraction of sp³-hybridized carbons (Fsp3) is 0.381. The molecule has 24 heavy (non-hydrogen) atoms. The van der Waals surface area contributed by atoms with Crippen molar-refractivity contribution in [2.24, 2.45) is 0 Å². The van der Waals surface area contributed by atoms with Crippen LogP contribution in [0.1, 0.15) is 50.7 Å². The van der Waals surface area contributed by atoms with Gasteiger partial charge < -0.3 is 5.32 Å². The second-order valence-corrected chi connectivity index (χ2v) is 6.86. The number of rotatable bonds is 7. The number of benzene rings is 2. The molecule has 2 aromatic carbocycles. The van der Waals surface area contributed by atoms with Gasteiger partial charge in [0.15, 0.2) is 0 Å². The van der Waals surface area contributed by atoms with E-state index < -0.39 is 5.41 Å². The first-order valence-electron chi connectivity index (χ1n) is 8.50. The van der Waals surface area contributed by atoms with E-state index in [1.54, 1.807) is 12.1 Å². The van der Waals surface area contributed by atoms with Crippen molar-refractivity contribution in [1.29, 1.82) is 0 Å². The summed E-state index contributed by atoms with van der Waals surface area (Å²) in [6.45, 7) is 6.40. The summed E-state index contributed by atoms with van der Waals surface area (Å²) in [5.41, 5.74) is 1.36. The Labute approximate surface area is 144 Å². The van der Waals surface area contributed by atoms with Crippen LogP contribution < -0.4 is 5.32 Å². The summed E-state index contributed by atoms with van der Waals surface area (Å²) >= 11 is 0. The maximum Gasteiger partial charge on any atom is 0.220 e. The quantitative estimate of drug-likeness (QED) is 0.777. The molecule has 0 spiro atoms.